The van der Waals surface area contributed by atoms with Gasteiger partial charge in [0.2, 0.25) is 0 Å². The van der Waals surface area contributed by atoms with Crippen LogP contribution in [0.4, 0.5) is 0 Å². The molecule has 0 radical (unpaired) electrons. The van der Waals surface area contributed by atoms with Crippen LogP contribution in [0.1, 0.15) is 17.4 Å². The summed E-state index contributed by atoms with van der Waals surface area (Å²) in [5.74, 6) is 1.14. The van der Waals surface area contributed by atoms with Gasteiger partial charge in [0, 0.05) is 0 Å². The van der Waals surface area contributed by atoms with Gasteiger partial charge in [-0.15, -0.1) is 0 Å². The summed E-state index contributed by atoms with van der Waals surface area (Å²) >= 11 is 0. The highest BCUT2D eigenvalue weighted by atomic mass is 16.3. The Hall–Kier alpha value is -2.66. The first-order chi connectivity index (χ1) is 9.75. The van der Waals surface area contributed by atoms with Gasteiger partial charge in [0.05, 0.1) is 11.6 Å². The lowest BCUT2D eigenvalue weighted by Crippen LogP contribution is -2.13. The SMILES string of the molecule is N[C@H](c1ccccc1)c1nc(-c2ccccc2O)n[nH]1. The Bertz CT molecular complexity index is 709. The van der Waals surface area contributed by atoms with E-state index in [0.29, 0.717) is 17.2 Å². The molecule has 100 valence electrons. The minimum absolute atomic E-state index is 0.145. The third-order valence-electron chi connectivity index (χ3n) is 3.10. The van der Waals surface area contributed by atoms with E-state index in [0.717, 1.165) is 5.56 Å². The van der Waals surface area contributed by atoms with Crippen molar-refractivity contribution in [3.05, 3.63) is 66.0 Å². The van der Waals surface area contributed by atoms with Gasteiger partial charge in [0.25, 0.3) is 0 Å². The molecule has 1 atom stereocenters. The van der Waals surface area contributed by atoms with Crippen LogP contribution in [0, 0.1) is 0 Å². The number of rotatable bonds is 3. The highest BCUT2D eigenvalue weighted by molar-refractivity contribution is 5.63. The minimum Gasteiger partial charge on any atom is -0.507 e. The fourth-order valence-electron chi connectivity index (χ4n) is 2.01. The molecular formula is C15H14N4O. The molecule has 3 aromatic rings. The number of nitrogens with zero attached hydrogens (tertiary/aromatic N) is 2. The Morgan fingerprint density at radius 2 is 1.70 bits per heavy atom. The first kappa shape index (κ1) is 12.4. The van der Waals surface area contributed by atoms with Crippen LogP contribution in [-0.4, -0.2) is 20.3 Å². The minimum atomic E-state index is -0.372. The number of nitrogens with one attached hydrogen (secondary N) is 1. The van der Waals surface area contributed by atoms with Crippen molar-refractivity contribution >= 4 is 0 Å². The molecule has 0 spiro atoms. The summed E-state index contributed by atoms with van der Waals surface area (Å²) in [6.45, 7) is 0. The molecule has 5 heteroatoms. The van der Waals surface area contributed by atoms with Crippen molar-refractivity contribution in [3.8, 4) is 17.1 Å². The van der Waals surface area contributed by atoms with Gasteiger partial charge in [-0.05, 0) is 17.7 Å². The molecule has 0 saturated heterocycles. The van der Waals surface area contributed by atoms with Gasteiger partial charge in [-0.3, -0.25) is 5.10 Å². The molecule has 20 heavy (non-hydrogen) atoms. The molecular weight excluding hydrogens is 252 g/mol. The van der Waals surface area contributed by atoms with E-state index in [1.807, 2.05) is 36.4 Å². The Labute approximate surface area is 116 Å². The number of H-pyrrole nitrogens is 1. The second-order valence-electron chi connectivity index (χ2n) is 4.45. The number of aromatic hydroxyl groups is 1. The normalized spacial score (nSPS) is 12.2. The number of para-hydroxylation sites is 1. The number of benzene rings is 2. The van der Waals surface area contributed by atoms with E-state index in [-0.39, 0.29) is 11.8 Å². The second-order valence-corrected chi connectivity index (χ2v) is 4.45. The fourth-order valence-corrected chi connectivity index (χ4v) is 2.01. The molecule has 0 aliphatic rings. The van der Waals surface area contributed by atoms with Gasteiger partial charge >= 0.3 is 0 Å². The molecule has 0 bridgehead atoms. The average Bonchev–Trinajstić information content (AvgIpc) is 2.97. The molecule has 0 unspecified atom stereocenters. The van der Waals surface area contributed by atoms with Crippen LogP contribution in [0.15, 0.2) is 54.6 Å². The number of phenolic OH excluding ortho intramolecular Hbond substituents is 1. The predicted molar refractivity (Wildman–Crippen MR) is 76.0 cm³/mol. The zero-order chi connectivity index (χ0) is 13.9. The number of hydrogen-bond acceptors (Lipinski definition) is 4. The number of aromatic amines is 1. The molecule has 2 aromatic carbocycles. The fraction of sp³-hybridized carbons (Fsp3) is 0.0667. The third kappa shape index (κ3) is 2.26. The number of aromatic nitrogens is 3. The summed E-state index contributed by atoms with van der Waals surface area (Å²) in [4.78, 5) is 4.37. The van der Waals surface area contributed by atoms with Crippen molar-refractivity contribution in [2.24, 2.45) is 5.73 Å². The predicted octanol–water partition coefficient (Wildman–Crippen LogP) is 2.23. The van der Waals surface area contributed by atoms with E-state index in [1.54, 1.807) is 18.2 Å². The van der Waals surface area contributed by atoms with Crippen LogP contribution in [0.5, 0.6) is 5.75 Å². The van der Waals surface area contributed by atoms with E-state index in [4.69, 9.17) is 5.73 Å². The van der Waals surface area contributed by atoms with Crippen molar-refractivity contribution in [1.82, 2.24) is 15.2 Å². The molecule has 5 nitrogen and oxygen atoms in total. The summed E-state index contributed by atoms with van der Waals surface area (Å²) in [5.41, 5.74) is 7.68. The topological polar surface area (TPSA) is 87.8 Å². The standard InChI is InChI=1S/C15H14N4O/c16-13(10-6-2-1-3-7-10)15-17-14(18-19-15)11-8-4-5-9-12(11)20/h1-9,13,20H,16H2,(H,17,18,19)/t13-/m1/s1. The van der Waals surface area contributed by atoms with E-state index < -0.39 is 0 Å². The largest absolute Gasteiger partial charge is 0.507 e. The first-order valence-electron chi connectivity index (χ1n) is 6.27. The molecule has 1 aromatic heterocycles. The van der Waals surface area contributed by atoms with Crippen molar-refractivity contribution in [3.63, 3.8) is 0 Å². The Morgan fingerprint density at radius 1 is 1.00 bits per heavy atom. The third-order valence-corrected chi connectivity index (χ3v) is 3.10. The van der Waals surface area contributed by atoms with Crippen molar-refractivity contribution in [2.45, 2.75) is 6.04 Å². The molecule has 4 N–H and O–H groups in total. The molecule has 3 rings (SSSR count). The molecule has 0 fully saturated rings. The second kappa shape index (κ2) is 5.14. The lowest BCUT2D eigenvalue weighted by atomic mass is 10.1. The van der Waals surface area contributed by atoms with E-state index >= 15 is 0 Å². The smallest absolute Gasteiger partial charge is 0.184 e. The molecule has 0 amide bonds. The van der Waals surface area contributed by atoms with Gasteiger partial charge < -0.3 is 10.8 Å². The van der Waals surface area contributed by atoms with Crippen LogP contribution >= 0.6 is 0 Å². The van der Waals surface area contributed by atoms with Crippen molar-refractivity contribution < 1.29 is 5.11 Å². The van der Waals surface area contributed by atoms with Gasteiger partial charge in [-0.25, -0.2) is 4.98 Å². The summed E-state index contributed by atoms with van der Waals surface area (Å²) in [6, 6.07) is 16.2. The number of phenols is 1. The van der Waals surface area contributed by atoms with Crippen molar-refractivity contribution in [2.75, 3.05) is 0 Å². The van der Waals surface area contributed by atoms with Gasteiger partial charge in [-0.2, -0.15) is 5.10 Å². The van der Waals surface area contributed by atoms with Crippen LogP contribution in [0.3, 0.4) is 0 Å². The average molecular weight is 266 g/mol. The lowest BCUT2D eigenvalue weighted by Gasteiger charge is -2.07. The van der Waals surface area contributed by atoms with E-state index in [2.05, 4.69) is 15.2 Å². The summed E-state index contributed by atoms with van der Waals surface area (Å²) < 4.78 is 0. The molecule has 0 aliphatic carbocycles. The van der Waals surface area contributed by atoms with Gasteiger partial charge in [0.1, 0.15) is 11.6 Å². The Kier molecular flexibility index (Phi) is 3.18. The maximum absolute atomic E-state index is 9.80. The quantitative estimate of drug-likeness (QED) is 0.678. The maximum atomic E-state index is 9.80. The van der Waals surface area contributed by atoms with Crippen LogP contribution in [0.25, 0.3) is 11.4 Å². The molecule has 0 saturated carbocycles. The van der Waals surface area contributed by atoms with Crippen LogP contribution in [0.2, 0.25) is 0 Å². The summed E-state index contributed by atoms with van der Waals surface area (Å²) in [7, 11) is 0. The van der Waals surface area contributed by atoms with Crippen LogP contribution < -0.4 is 5.73 Å². The summed E-state index contributed by atoms with van der Waals surface area (Å²) in [5, 5.41) is 16.8. The Balaban J connectivity index is 1.93. The highest BCUT2D eigenvalue weighted by Crippen LogP contribution is 2.26. The molecule has 1 heterocycles. The van der Waals surface area contributed by atoms with Crippen molar-refractivity contribution in [1.29, 1.82) is 0 Å². The first-order valence-corrected chi connectivity index (χ1v) is 6.27. The number of nitrogens with two attached hydrogens (primary N) is 1. The summed E-state index contributed by atoms with van der Waals surface area (Å²) in [6.07, 6.45) is 0. The highest BCUT2D eigenvalue weighted by Gasteiger charge is 2.15. The monoisotopic (exact) mass is 266 g/mol. The van der Waals surface area contributed by atoms with E-state index in [1.165, 1.54) is 0 Å². The zero-order valence-electron chi connectivity index (χ0n) is 10.7. The van der Waals surface area contributed by atoms with E-state index in [9.17, 15) is 5.11 Å². The maximum Gasteiger partial charge on any atom is 0.184 e. The Morgan fingerprint density at radius 3 is 2.45 bits per heavy atom. The molecule has 0 aliphatic heterocycles. The van der Waals surface area contributed by atoms with Gasteiger partial charge in [0.15, 0.2) is 5.82 Å². The van der Waals surface area contributed by atoms with Crippen LogP contribution in [-0.2, 0) is 0 Å². The number of hydrogen-bond donors (Lipinski definition) is 3. The zero-order valence-corrected chi connectivity index (χ0v) is 10.7. The lowest BCUT2D eigenvalue weighted by molar-refractivity contribution is 0.477. The van der Waals surface area contributed by atoms with Gasteiger partial charge in [-0.1, -0.05) is 42.5 Å².